The number of sulfonamides is 1. The van der Waals surface area contributed by atoms with Gasteiger partial charge in [-0.1, -0.05) is 86.5 Å². The number of carbonyl (C=O) groups excluding carboxylic acids is 2. The smallest absolute Gasteiger partial charge is 0.264 e. The summed E-state index contributed by atoms with van der Waals surface area (Å²) >= 11 is 0. The summed E-state index contributed by atoms with van der Waals surface area (Å²) in [5.74, 6) is -0.453. The Kier molecular flexibility index (Phi) is 10.5. The molecule has 0 aromatic heterocycles. The molecule has 1 atom stereocenters. The summed E-state index contributed by atoms with van der Waals surface area (Å²) in [5.41, 5.74) is 3.93. The lowest BCUT2D eigenvalue weighted by Crippen LogP contribution is -2.52. The van der Waals surface area contributed by atoms with Crippen LogP contribution in [0.25, 0.3) is 0 Å². The van der Waals surface area contributed by atoms with Crippen LogP contribution in [0.3, 0.4) is 0 Å². The number of carbonyl (C=O) groups is 2. The van der Waals surface area contributed by atoms with E-state index in [1.165, 1.54) is 9.21 Å². The van der Waals surface area contributed by atoms with Crippen molar-refractivity contribution in [2.24, 2.45) is 5.92 Å². The Morgan fingerprint density at radius 2 is 1.50 bits per heavy atom. The zero-order chi connectivity index (χ0) is 29.4. The maximum atomic E-state index is 14.1. The summed E-state index contributed by atoms with van der Waals surface area (Å²) in [5, 5.41) is 2.95. The zero-order valence-corrected chi connectivity index (χ0v) is 25.2. The van der Waals surface area contributed by atoms with Gasteiger partial charge in [0.1, 0.15) is 12.6 Å². The van der Waals surface area contributed by atoms with Gasteiger partial charge in [-0.05, 0) is 62.4 Å². The molecule has 0 radical (unpaired) electrons. The van der Waals surface area contributed by atoms with Crippen LogP contribution in [0.15, 0.2) is 77.7 Å². The summed E-state index contributed by atoms with van der Waals surface area (Å²) in [6.45, 7) is 11.7. The van der Waals surface area contributed by atoms with E-state index < -0.39 is 28.5 Å². The quantitative estimate of drug-likeness (QED) is 0.320. The largest absolute Gasteiger partial charge is 0.354 e. The normalized spacial score (nSPS) is 12.2. The van der Waals surface area contributed by atoms with Gasteiger partial charge in [-0.25, -0.2) is 8.42 Å². The van der Waals surface area contributed by atoms with Crippen LogP contribution in [-0.2, 0) is 26.2 Å². The molecule has 40 heavy (non-hydrogen) atoms. The number of nitrogens with zero attached hydrogens (tertiary/aromatic N) is 2. The summed E-state index contributed by atoms with van der Waals surface area (Å²) in [4.78, 5) is 29.0. The molecule has 3 aromatic rings. The molecule has 1 N–H and O–H groups in total. The average molecular weight is 564 g/mol. The highest BCUT2D eigenvalue weighted by Crippen LogP contribution is 2.28. The van der Waals surface area contributed by atoms with Crippen LogP contribution in [0.5, 0.6) is 0 Å². The lowest BCUT2D eigenvalue weighted by Gasteiger charge is -2.33. The van der Waals surface area contributed by atoms with Crippen LogP contribution >= 0.6 is 0 Å². The number of hydrogen-bond acceptors (Lipinski definition) is 4. The molecule has 0 saturated heterocycles. The van der Waals surface area contributed by atoms with E-state index in [9.17, 15) is 18.0 Å². The summed E-state index contributed by atoms with van der Waals surface area (Å²) in [6.07, 6.45) is 0.386. The second kappa shape index (κ2) is 13.6. The third kappa shape index (κ3) is 7.72. The van der Waals surface area contributed by atoms with E-state index in [1.807, 2.05) is 84.0 Å². The fraction of sp³-hybridized carbons (Fsp3) is 0.375. The van der Waals surface area contributed by atoms with Crippen LogP contribution in [0.4, 0.5) is 5.69 Å². The van der Waals surface area contributed by atoms with Crippen molar-refractivity contribution in [3.63, 3.8) is 0 Å². The SMILES string of the molecule is CCC(C(=O)NCC(C)C)N(Cc1ccccc1)C(=O)CN(c1ccc(C)cc1C)S(=O)(=O)c1ccc(C)cc1. The van der Waals surface area contributed by atoms with Gasteiger partial charge in [-0.3, -0.25) is 13.9 Å². The Bertz CT molecular complexity index is 1400. The molecule has 0 aliphatic carbocycles. The van der Waals surface area contributed by atoms with E-state index in [-0.39, 0.29) is 23.3 Å². The van der Waals surface area contributed by atoms with Gasteiger partial charge in [0.25, 0.3) is 10.0 Å². The number of nitrogens with one attached hydrogen (secondary N) is 1. The first kappa shape index (κ1) is 30.9. The Labute approximate surface area is 239 Å². The zero-order valence-electron chi connectivity index (χ0n) is 24.3. The number of anilines is 1. The number of hydrogen-bond donors (Lipinski definition) is 1. The second-order valence-corrected chi connectivity index (χ2v) is 12.5. The molecule has 0 bridgehead atoms. The van der Waals surface area contributed by atoms with Crippen LogP contribution in [-0.4, -0.2) is 44.3 Å². The van der Waals surface area contributed by atoms with E-state index in [1.54, 1.807) is 30.3 Å². The molecular formula is C32H41N3O4S. The molecular weight excluding hydrogens is 522 g/mol. The highest BCUT2D eigenvalue weighted by atomic mass is 32.2. The highest BCUT2D eigenvalue weighted by Gasteiger charge is 2.34. The molecule has 214 valence electrons. The third-order valence-corrected chi connectivity index (χ3v) is 8.55. The number of rotatable bonds is 12. The molecule has 2 amide bonds. The molecule has 3 aromatic carbocycles. The van der Waals surface area contributed by atoms with Crippen molar-refractivity contribution in [1.29, 1.82) is 0 Å². The van der Waals surface area contributed by atoms with Gasteiger partial charge >= 0.3 is 0 Å². The minimum Gasteiger partial charge on any atom is -0.354 e. The van der Waals surface area contributed by atoms with Crippen LogP contribution in [0, 0.1) is 26.7 Å². The molecule has 0 heterocycles. The molecule has 0 fully saturated rings. The number of aryl methyl sites for hydroxylation is 3. The predicted molar refractivity (Wildman–Crippen MR) is 161 cm³/mol. The number of amides is 2. The van der Waals surface area contributed by atoms with E-state index in [4.69, 9.17) is 0 Å². The first-order chi connectivity index (χ1) is 18.9. The van der Waals surface area contributed by atoms with E-state index in [2.05, 4.69) is 5.32 Å². The van der Waals surface area contributed by atoms with Gasteiger partial charge in [0.15, 0.2) is 0 Å². The fourth-order valence-corrected chi connectivity index (χ4v) is 6.04. The summed E-state index contributed by atoms with van der Waals surface area (Å²) < 4.78 is 29.2. The Morgan fingerprint density at radius 1 is 0.875 bits per heavy atom. The Hall–Kier alpha value is -3.65. The molecule has 0 saturated carbocycles. The fourth-order valence-electron chi connectivity index (χ4n) is 4.56. The maximum Gasteiger partial charge on any atom is 0.264 e. The minimum atomic E-state index is -4.10. The molecule has 0 aliphatic rings. The Balaban J connectivity index is 2.06. The lowest BCUT2D eigenvalue weighted by molar-refractivity contribution is -0.140. The summed E-state index contributed by atoms with van der Waals surface area (Å²) in [7, 11) is -4.10. The standard InChI is InChI=1S/C32H41N3O4S/c1-7-29(32(37)33-20-23(2)3)34(21-27-11-9-8-10-12-27)31(36)22-35(30-18-15-25(5)19-26(30)6)40(38,39)28-16-13-24(4)14-17-28/h8-19,23,29H,7,20-22H2,1-6H3,(H,33,37). The van der Waals surface area contributed by atoms with Gasteiger partial charge in [0, 0.05) is 13.1 Å². The first-order valence-electron chi connectivity index (χ1n) is 13.7. The highest BCUT2D eigenvalue weighted by molar-refractivity contribution is 7.92. The van der Waals surface area contributed by atoms with Crippen LogP contribution < -0.4 is 9.62 Å². The molecule has 1 unspecified atom stereocenters. The molecule has 8 heteroatoms. The van der Waals surface area contributed by atoms with Crippen molar-refractivity contribution >= 4 is 27.5 Å². The van der Waals surface area contributed by atoms with E-state index in [0.29, 0.717) is 18.7 Å². The van der Waals surface area contributed by atoms with Crippen LogP contribution in [0.1, 0.15) is 49.4 Å². The van der Waals surface area contributed by atoms with Gasteiger partial charge in [0.2, 0.25) is 11.8 Å². The third-order valence-electron chi connectivity index (χ3n) is 6.78. The van der Waals surface area contributed by atoms with Gasteiger partial charge < -0.3 is 10.2 Å². The molecule has 0 aliphatic heterocycles. The second-order valence-electron chi connectivity index (χ2n) is 10.7. The van der Waals surface area contributed by atoms with Crippen molar-refractivity contribution in [2.45, 2.75) is 65.4 Å². The van der Waals surface area contributed by atoms with Gasteiger partial charge in [-0.15, -0.1) is 0 Å². The van der Waals surface area contributed by atoms with E-state index in [0.717, 1.165) is 22.3 Å². The Morgan fingerprint density at radius 3 is 2.08 bits per heavy atom. The van der Waals surface area contributed by atoms with E-state index >= 15 is 0 Å². The monoisotopic (exact) mass is 563 g/mol. The van der Waals surface area contributed by atoms with Crippen LogP contribution in [0.2, 0.25) is 0 Å². The van der Waals surface area contributed by atoms with Crippen molar-refractivity contribution < 1.29 is 18.0 Å². The molecule has 7 nitrogen and oxygen atoms in total. The van der Waals surface area contributed by atoms with Gasteiger partial charge in [-0.2, -0.15) is 0 Å². The molecule has 3 rings (SSSR count). The lowest BCUT2D eigenvalue weighted by atomic mass is 10.1. The number of benzene rings is 3. The predicted octanol–water partition coefficient (Wildman–Crippen LogP) is 5.39. The van der Waals surface area contributed by atoms with Crippen molar-refractivity contribution in [1.82, 2.24) is 10.2 Å². The topological polar surface area (TPSA) is 86.8 Å². The average Bonchev–Trinajstić information content (AvgIpc) is 2.91. The van der Waals surface area contributed by atoms with Crippen molar-refractivity contribution in [3.05, 3.63) is 95.1 Å². The van der Waals surface area contributed by atoms with Gasteiger partial charge in [0.05, 0.1) is 10.6 Å². The van der Waals surface area contributed by atoms with Crippen molar-refractivity contribution in [3.8, 4) is 0 Å². The minimum absolute atomic E-state index is 0.0993. The molecule has 0 spiro atoms. The summed E-state index contributed by atoms with van der Waals surface area (Å²) in [6, 6.07) is 20.7. The maximum absolute atomic E-state index is 14.1. The first-order valence-corrected chi connectivity index (χ1v) is 15.2. The van der Waals surface area contributed by atoms with Crippen molar-refractivity contribution in [2.75, 3.05) is 17.4 Å².